The molecular formula is C19H36N2O. The topological polar surface area (TPSA) is 41.1 Å². The summed E-state index contributed by atoms with van der Waals surface area (Å²) in [7, 11) is 0. The fourth-order valence-corrected chi connectivity index (χ4v) is 4.00. The number of carbonyl (C=O) groups is 1. The average molecular weight is 309 g/mol. The molecule has 0 bridgehead atoms. The van der Waals surface area contributed by atoms with Crippen molar-refractivity contribution in [2.45, 2.75) is 102 Å². The zero-order chi connectivity index (χ0) is 15.5. The smallest absolute Gasteiger partial charge is 0.315 e. The van der Waals surface area contributed by atoms with Gasteiger partial charge in [-0.3, -0.25) is 0 Å². The van der Waals surface area contributed by atoms with Crippen molar-refractivity contribution in [1.29, 1.82) is 0 Å². The molecule has 0 heterocycles. The summed E-state index contributed by atoms with van der Waals surface area (Å²) in [5, 5.41) is 6.35. The van der Waals surface area contributed by atoms with Crippen molar-refractivity contribution in [3.63, 3.8) is 0 Å². The summed E-state index contributed by atoms with van der Waals surface area (Å²) in [4.78, 5) is 12.1. The molecule has 0 spiro atoms. The van der Waals surface area contributed by atoms with Crippen molar-refractivity contribution in [2.24, 2.45) is 5.92 Å². The lowest BCUT2D eigenvalue weighted by Gasteiger charge is -2.20. The van der Waals surface area contributed by atoms with Gasteiger partial charge in [-0.15, -0.1) is 0 Å². The molecule has 0 aliphatic heterocycles. The number of nitrogens with one attached hydrogen (secondary N) is 2. The second-order valence-corrected chi connectivity index (χ2v) is 7.46. The van der Waals surface area contributed by atoms with Gasteiger partial charge in [0, 0.05) is 12.6 Å². The van der Waals surface area contributed by atoms with Gasteiger partial charge in [0.25, 0.3) is 0 Å². The Balaban J connectivity index is 1.65. The van der Waals surface area contributed by atoms with Crippen molar-refractivity contribution in [1.82, 2.24) is 10.6 Å². The van der Waals surface area contributed by atoms with E-state index in [0.29, 0.717) is 6.04 Å². The Labute approximate surface area is 137 Å². The molecule has 2 aliphatic carbocycles. The standard InChI is InChI=1S/C19H36N2O/c22-19(20-16-17-12-10-11-13-17)21-18-14-8-6-4-2-1-3-5-7-9-15-18/h17-18H,1-16H2,(H2,20,21,22). The Morgan fingerprint density at radius 2 is 1.14 bits per heavy atom. The van der Waals surface area contributed by atoms with Gasteiger partial charge < -0.3 is 10.6 Å². The largest absolute Gasteiger partial charge is 0.338 e. The van der Waals surface area contributed by atoms with Crippen molar-refractivity contribution >= 4 is 6.03 Å². The third-order valence-corrected chi connectivity index (χ3v) is 5.47. The molecule has 2 N–H and O–H groups in total. The van der Waals surface area contributed by atoms with Crippen LogP contribution in [0.4, 0.5) is 4.79 Å². The van der Waals surface area contributed by atoms with Gasteiger partial charge in [0.2, 0.25) is 0 Å². The van der Waals surface area contributed by atoms with Gasteiger partial charge in [-0.05, 0) is 31.6 Å². The lowest BCUT2D eigenvalue weighted by atomic mass is 9.98. The van der Waals surface area contributed by atoms with E-state index < -0.39 is 0 Å². The van der Waals surface area contributed by atoms with E-state index in [0.717, 1.165) is 25.3 Å². The second kappa shape index (κ2) is 10.9. The molecule has 0 aromatic carbocycles. The van der Waals surface area contributed by atoms with Crippen LogP contribution in [0.5, 0.6) is 0 Å². The van der Waals surface area contributed by atoms with Crippen LogP contribution in [0.1, 0.15) is 96.3 Å². The first-order valence-corrected chi connectivity index (χ1v) is 9.89. The molecule has 0 aromatic heterocycles. The van der Waals surface area contributed by atoms with E-state index >= 15 is 0 Å². The van der Waals surface area contributed by atoms with Crippen LogP contribution in [-0.4, -0.2) is 18.6 Å². The third kappa shape index (κ3) is 7.51. The van der Waals surface area contributed by atoms with E-state index in [-0.39, 0.29) is 6.03 Å². The van der Waals surface area contributed by atoms with Gasteiger partial charge in [0.1, 0.15) is 0 Å². The molecule has 0 aromatic rings. The maximum absolute atomic E-state index is 12.1. The lowest BCUT2D eigenvalue weighted by molar-refractivity contribution is 0.232. The Morgan fingerprint density at radius 1 is 0.682 bits per heavy atom. The average Bonchev–Trinajstić information content (AvgIpc) is 3.01. The number of hydrogen-bond acceptors (Lipinski definition) is 1. The molecular weight excluding hydrogens is 272 g/mol. The van der Waals surface area contributed by atoms with Crippen molar-refractivity contribution in [3.05, 3.63) is 0 Å². The molecule has 0 atom stereocenters. The fraction of sp³-hybridized carbons (Fsp3) is 0.947. The van der Waals surface area contributed by atoms with Gasteiger partial charge in [0.15, 0.2) is 0 Å². The Bertz CT molecular complexity index is 288. The molecule has 2 amide bonds. The molecule has 2 saturated carbocycles. The minimum Gasteiger partial charge on any atom is -0.338 e. The summed E-state index contributed by atoms with van der Waals surface area (Å²) >= 11 is 0. The Morgan fingerprint density at radius 3 is 1.68 bits per heavy atom. The molecule has 0 unspecified atom stereocenters. The van der Waals surface area contributed by atoms with Crippen molar-refractivity contribution in [3.8, 4) is 0 Å². The van der Waals surface area contributed by atoms with Crippen LogP contribution in [0.15, 0.2) is 0 Å². The normalized spacial score (nSPS) is 23.5. The highest BCUT2D eigenvalue weighted by Gasteiger charge is 2.17. The molecule has 2 fully saturated rings. The number of hydrogen-bond donors (Lipinski definition) is 2. The van der Waals surface area contributed by atoms with Crippen LogP contribution in [0.3, 0.4) is 0 Å². The van der Waals surface area contributed by atoms with Crippen LogP contribution in [0, 0.1) is 5.92 Å². The first-order chi connectivity index (χ1) is 10.8. The van der Waals surface area contributed by atoms with Crippen LogP contribution >= 0.6 is 0 Å². The minimum absolute atomic E-state index is 0.0731. The summed E-state index contributed by atoms with van der Waals surface area (Å²) < 4.78 is 0. The number of carbonyl (C=O) groups excluding carboxylic acids is 1. The van der Waals surface area contributed by atoms with Crippen LogP contribution in [0.2, 0.25) is 0 Å². The zero-order valence-corrected chi connectivity index (χ0v) is 14.4. The first kappa shape index (κ1) is 17.6. The third-order valence-electron chi connectivity index (χ3n) is 5.47. The van der Waals surface area contributed by atoms with Gasteiger partial charge in [-0.25, -0.2) is 4.79 Å². The maximum atomic E-state index is 12.1. The summed E-state index contributed by atoms with van der Waals surface area (Å²) in [6.45, 7) is 0.874. The SMILES string of the molecule is O=C(NCC1CCCC1)NC1CCCCCCCCCCC1. The van der Waals surface area contributed by atoms with Crippen molar-refractivity contribution in [2.75, 3.05) is 6.54 Å². The molecule has 128 valence electrons. The highest BCUT2D eigenvalue weighted by molar-refractivity contribution is 5.74. The summed E-state index contributed by atoms with van der Waals surface area (Å²) in [6.07, 6.45) is 19.8. The van der Waals surface area contributed by atoms with E-state index in [1.54, 1.807) is 0 Å². The number of amides is 2. The van der Waals surface area contributed by atoms with E-state index in [1.165, 1.54) is 83.5 Å². The van der Waals surface area contributed by atoms with E-state index in [1.807, 2.05) is 0 Å². The molecule has 2 aliphatic rings. The van der Waals surface area contributed by atoms with E-state index in [2.05, 4.69) is 10.6 Å². The predicted octanol–water partition coefficient (Wildman–Crippen LogP) is 5.15. The summed E-state index contributed by atoms with van der Waals surface area (Å²) in [6, 6.07) is 0.465. The highest BCUT2D eigenvalue weighted by Crippen LogP contribution is 2.23. The molecule has 22 heavy (non-hydrogen) atoms. The van der Waals surface area contributed by atoms with Crippen LogP contribution in [0.25, 0.3) is 0 Å². The minimum atomic E-state index is 0.0731. The quantitative estimate of drug-likeness (QED) is 0.744. The molecule has 2 rings (SSSR count). The Hall–Kier alpha value is -0.730. The summed E-state index contributed by atoms with van der Waals surface area (Å²) in [5.74, 6) is 0.724. The maximum Gasteiger partial charge on any atom is 0.315 e. The fourth-order valence-electron chi connectivity index (χ4n) is 4.00. The van der Waals surface area contributed by atoms with Crippen molar-refractivity contribution < 1.29 is 4.79 Å². The van der Waals surface area contributed by atoms with E-state index in [4.69, 9.17) is 0 Å². The van der Waals surface area contributed by atoms with Crippen LogP contribution in [-0.2, 0) is 0 Å². The predicted molar refractivity (Wildman–Crippen MR) is 93.1 cm³/mol. The van der Waals surface area contributed by atoms with Gasteiger partial charge in [-0.1, -0.05) is 70.6 Å². The van der Waals surface area contributed by atoms with Gasteiger partial charge in [0.05, 0.1) is 0 Å². The second-order valence-electron chi connectivity index (χ2n) is 7.46. The monoisotopic (exact) mass is 308 g/mol. The summed E-state index contributed by atoms with van der Waals surface area (Å²) in [5.41, 5.74) is 0. The molecule has 3 nitrogen and oxygen atoms in total. The van der Waals surface area contributed by atoms with E-state index in [9.17, 15) is 4.79 Å². The molecule has 0 radical (unpaired) electrons. The van der Waals surface area contributed by atoms with Gasteiger partial charge >= 0.3 is 6.03 Å². The molecule has 0 saturated heterocycles. The molecule has 3 heteroatoms. The number of urea groups is 1. The van der Waals surface area contributed by atoms with Crippen LogP contribution < -0.4 is 10.6 Å². The first-order valence-electron chi connectivity index (χ1n) is 9.89. The number of rotatable bonds is 3. The highest BCUT2D eigenvalue weighted by atomic mass is 16.2. The van der Waals surface area contributed by atoms with Gasteiger partial charge in [-0.2, -0.15) is 0 Å². The Kier molecular flexibility index (Phi) is 8.74. The zero-order valence-electron chi connectivity index (χ0n) is 14.4. The lowest BCUT2D eigenvalue weighted by Crippen LogP contribution is -2.43.